The summed E-state index contributed by atoms with van der Waals surface area (Å²) in [5.74, 6) is 0.943. The summed E-state index contributed by atoms with van der Waals surface area (Å²) < 4.78 is 11.0. The van der Waals surface area contributed by atoms with Crippen molar-refractivity contribution in [1.82, 2.24) is 5.32 Å². The molecule has 0 spiro atoms. The molecule has 0 fully saturated rings. The summed E-state index contributed by atoms with van der Waals surface area (Å²) in [5, 5.41) is 3.49. The van der Waals surface area contributed by atoms with E-state index in [1.54, 1.807) is 7.11 Å². The van der Waals surface area contributed by atoms with Gasteiger partial charge in [0.15, 0.2) is 0 Å². The fourth-order valence-electron chi connectivity index (χ4n) is 2.02. The molecule has 1 aromatic carbocycles. The van der Waals surface area contributed by atoms with Crippen LogP contribution < -0.4 is 10.1 Å². The molecule has 0 heterocycles. The Bertz CT molecular complexity index is 328. The van der Waals surface area contributed by atoms with E-state index in [2.05, 4.69) is 31.3 Å². The standard InChI is InChI=1S/C15H25NO2/c1-4-11-18-12-10-14(16-5-2)13-8-6-7-9-15(13)17-3/h6-9,14,16H,4-5,10-12H2,1-3H3. The maximum Gasteiger partial charge on any atom is 0.123 e. The highest BCUT2D eigenvalue weighted by molar-refractivity contribution is 5.35. The van der Waals surface area contributed by atoms with Gasteiger partial charge in [0, 0.05) is 24.8 Å². The molecule has 3 heteroatoms. The molecule has 0 aromatic heterocycles. The zero-order valence-electron chi connectivity index (χ0n) is 11.7. The van der Waals surface area contributed by atoms with Crippen molar-refractivity contribution >= 4 is 0 Å². The summed E-state index contributed by atoms with van der Waals surface area (Å²) in [4.78, 5) is 0. The van der Waals surface area contributed by atoms with E-state index in [0.717, 1.165) is 38.3 Å². The molecule has 0 amide bonds. The molecule has 0 aliphatic rings. The molecule has 1 atom stereocenters. The van der Waals surface area contributed by atoms with Gasteiger partial charge in [0.25, 0.3) is 0 Å². The summed E-state index contributed by atoms with van der Waals surface area (Å²) in [5.41, 5.74) is 1.21. The van der Waals surface area contributed by atoms with Crippen LogP contribution >= 0.6 is 0 Å². The minimum Gasteiger partial charge on any atom is -0.496 e. The first-order valence-electron chi connectivity index (χ1n) is 6.77. The minimum atomic E-state index is 0.294. The average Bonchev–Trinajstić information content (AvgIpc) is 2.42. The van der Waals surface area contributed by atoms with Gasteiger partial charge >= 0.3 is 0 Å². The number of hydrogen-bond acceptors (Lipinski definition) is 3. The smallest absolute Gasteiger partial charge is 0.123 e. The second-order valence-electron chi connectivity index (χ2n) is 4.25. The van der Waals surface area contributed by atoms with Crippen LogP contribution in [0.3, 0.4) is 0 Å². The first kappa shape index (κ1) is 15.0. The van der Waals surface area contributed by atoms with Gasteiger partial charge in [-0.05, 0) is 25.5 Å². The molecule has 1 rings (SSSR count). The fourth-order valence-corrected chi connectivity index (χ4v) is 2.02. The molecule has 1 N–H and O–H groups in total. The number of rotatable bonds is 9. The lowest BCUT2D eigenvalue weighted by molar-refractivity contribution is 0.124. The normalized spacial score (nSPS) is 12.4. The van der Waals surface area contributed by atoms with E-state index < -0.39 is 0 Å². The molecule has 1 unspecified atom stereocenters. The van der Waals surface area contributed by atoms with Crippen molar-refractivity contribution in [2.24, 2.45) is 0 Å². The molecule has 0 bridgehead atoms. The maximum absolute atomic E-state index is 5.57. The van der Waals surface area contributed by atoms with Crippen molar-refractivity contribution in [3.8, 4) is 5.75 Å². The zero-order valence-corrected chi connectivity index (χ0v) is 11.7. The molecule has 18 heavy (non-hydrogen) atoms. The monoisotopic (exact) mass is 251 g/mol. The van der Waals surface area contributed by atoms with Gasteiger partial charge in [-0.3, -0.25) is 0 Å². The van der Waals surface area contributed by atoms with Gasteiger partial charge in [-0.2, -0.15) is 0 Å². The fraction of sp³-hybridized carbons (Fsp3) is 0.600. The molecule has 0 saturated heterocycles. The van der Waals surface area contributed by atoms with E-state index in [4.69, 9.17) is 9.47 Å². The van der Waals surface area contributed by atoms with Crippen molar-refractivity contribution < 1.29 is 9.47 Å². The van der Waals surface area contributed by atoms with Gasteiger partial charge < -0.3 is 14.8 Å². The zero-order chi connectivity index (χ0) is 13.2. The van der Waals surface area contributed by atoms with Crippen molar-refractivity contribution in [3.05, 3.63) is 29.8 Å². The van der Waals surface area contributed by atoms with Crippen LogP contribution in [-0.4, -0.2) is 26.9 Å². The molecular weight excluding hydrogens is 226 g/mol. The van der Waals surface area contributed by atoms with Crippen molar-refractivity contribution in [1.29, 1.82) is 0 Å². The Kier molecular flexibility index (Phi) is 7.46. The summed E-state index contributed by atoms with van der Waals surface area (Å²) in [6.45, 7) is 6.81. The van der Waals surface area contributed by atoms with Crippen molar-refractivity contribution in [2.75, 3.05) is 26.9 Å². The molecule has 102 valence electrons. The van der Waals surface area contributed by atoms with E-state index in [9.17, 15) is 0 Å². The first-order chi connectivity index (χ1) is 8.83. The summed E-state index contributed by atoms with van der Waals surface area (Å²) in [6.07, 6.45) is 2.04. The Morgan fingerprint density at radius 2 is 1.94 bits per heavy atom. The first-order valence-corrected chi connectivity index (χ1v) is 6.77. The number of ether oxygens (including phenoxy) is 2. The number of para-hydroxylation sites is 1. The SMILES string of the molecule is CCCOCCC(NCC)c1ccccc1OC. The van der Waals surface area contributed by atoms with Crippen molar-refractivity contribution in [2.45, 2.75) is 32.7 Å². The average molecular weight is 251 g/mol. The van der Waals surface area contributed by atoms with E-state index in [1.807, 2.05) is 12.1 Å². The largest absolute Gasteiger partial charge is 0.496 e. The maximum atomic E-state index is 5.57. The highest BCUT2D eigenvalue weighted by Crippen LogP contribution is 2.26. The van der Waals surface area contributed by atoms with Gasteiger partial charge in [-0.15, -0.1) is 0 Å². The Morgan fingerprint density at radius 3 is 2.61 bits per heavy atom. The van der Waals surface area contributed by atoms with E-state index in [0.29, 0.717) is 6.04 Å². The number of methoxy groups -OCH3 is 1. The number of nitrogens with one attached hydrogen (secondary N) is 1. The summed E-state index contributed by atoms with van der Waals surface area (Å²) >= 11 is 0. The Morgan fingerprint density at radius 1 is 1.17 bits per heavy atom. The van der Waals surface area contributed by atoms with Crippen LogP contribution in [0.25, 0.3) is 0 Å². The van der Waals surface area contributed by atoms with Gasteiger partial charge in [0.1, 0.15) is 5.75 Å². The van der Waals surface area contributed by atoms with Gasteiger partial charge in [0.05, 0.1) is 7.11 Å². The van der Waals surface area contributed by atoms with Gasteiger partial charge in [0.2, 0.25) is 0 Å². The predicted molar refractivity (Wildman–Crippen MR) is 75.1 cm³/mol. The van der Waals surface area contributed by atoms with Crippen LogP contribution in [0.4, 0.5) is 0 Å². The summed E-state index contributed by atoms with van der Waals surface area (Å²) in [6, 6.07) is 8.47. The van der Waals surface area contributed by atoms with Gasteiger partial charge in [-0.1, -0.05) is 32.0 Å². The van der Waals surface area contributed by atoms with E-state index in [-0.39, 0.29) is 0 Å². The highest BCUT2D eigenvalue weighted by Gasteiger charge is 2.14. The lowest BCUT2D eigenvalue weighted by Crippen LogP contribution is -2.23. The van der Waals surface area contributed by atoms with Gasteiger partial charge in [-0.25, -0.2) is 0 Å². The molecular formula is C15H25NO2. The van der Waals surface area contributed by atoms with Crippen LogP contribution in [-0.2, 0) is 4.74 Å². The molecule has 0 radical (unpaired) electrons. The van der Waals surface area contributed by atoms with Crippen LogP contribution in [0.2, 0.25) is 0 Å². The number of benzene rings is 1. The molecule has 0 aliphatic carbocycles. The number of hydrogen-bond donors (Lipinski definition) is 1. The van der Waals surface area contributed by atoms with Crippen molar-refractivity contribution in [3.63, 3.8) is 0 Å². The summed E-state index contributed by atoms with van der Waals surface area (Å²) in [7, 11) is 1.72. The van der Waals surface area contributed by atoms with Crippen LogP contribution in [0, 0.1) is 0 Å². The second kappa shape index (κ2) is 8.95. The lowest BCUT2D eigenvalue weighted by atomic mass is 10.0. The lowest BCUT2D eigenvalue weighted by Gasteiger charge is -2.20. The third-order valence-corrected chi connectivity index (χ3v) is 2.86. The Hall–Kier alpha value is -1.06. The van der Waals surface area contributed by atoms with E-state index in [1.165, 1.54) is 5.56 Å². The topological polar surface area (TPSA) is 30.5 Å². The Balaban J connectivity index is 2.64. The van der Waals surface area contributed by atoms with Crippen LogP contribution in [0.1, 0.15) is 38.3 Å². The second-order valence-corrected chi connectivity index (χ2v) is 4.25. The molecule has 0 aliphatic heterocycles. The Labute approximate surface area is 110 Å². The molecule has 3 nitrogen and oxygen atoms in total. The molecule has 0 saturated carbocycles. The predicted octanol–water partition coefficient (Wildman–Crippen LogP) is 3.16. The van der Waals surface area contributed by atoms with E-state index >= 15 is 0 Å². The molecule has 1 aromatic rings. The quantitative estimate of drug-likeness (QED) is 0.684. The third kappa shape index (κ3) is 4.67. The van der Waals surface area contributed by atoms with Crippen LogP contribution in [0.5, 0.6) is 5.75 Å². The van der Waals surface area contributed by atoms with Crippen LogP contribution in [0.15, 0.2) is 24.3 Å². The highest BCUT2D eigenvalue weighted by atomic mass is 16.5. The minimum absolute atomic E-state index is 0.294. The third-order valence-electron chi connectivity index (χ3n) is 2.86.